The Labute approximate surface area is 218 Å². The van der Waals surface area contributed by atoms with Gasteiger partial charge in [0.25, 0.3) is 0 Å². The summed E-state index contributed by atoms with van der Waals surface area (Å²) in [7, 11) is -2.38. The highest BCUT2D eigenvalue weighted by Crippen LogP contribution is 2.23. The van der Waals surface area contributed by atoms with Crippen molar-refractivity contribution in [1.82, 2.24) is 10.2 Å². The Morgan fingerprint density at radius 1 is 1.11 bits per heavy atom. The van der Waals surface area contributed by atoms with Crippen molar-refractivity contribution in [3.8, 4) is 5.75 Å². The summed E-state index contributed by atoms with van der Waals surface area (Å²) >= 11 is 0. The van der Waals surface area contributed by atoms with Crippen LogP contribution in [0.5, 0.6) is 5.75 Å². The summed E-state index contributed by atoms with van der Waals surface area (Å²) in [5, 5.41) is 3.10. The van der Waals surface area contributed by atoms with Crippen LogP contribution in [0.15, 0.2) is 48.5 Å². The van der Waals surface area contributed by atoms with Crippen molar-refractivity contribution in [2.45, 2.75) is 64.1 Å². The molecule has 8 nitrogen and oxygen atoms in total. The largest absolute Gasteiger partial charge is 0.497 e. The van der Waals surface area contributed by atoms with Crippen LogP contribution >= 0.6 is 0 Å². The SMILES string of the molecule is CC[C@H](C(=O)NC1CCCCC1)N(Cc1cccc(OC)c1)C(=O)CN(c1cccc(F)c1)S(C)(=O)=O. The first-order valence-electron chi connectivity index (χ1n) is 12.6. The maximum absolute atomic E-state index is 13.9. The minimum atomic E-state index is -3.92. The zero-order chi connectivity index (χ0) is 27.0. The van der Waals surface area contributed by atoms with Crippen molar-refractivity contribution in [2.75, 3.05) is 24.2 Å². The molecule has 3 rings (SSSR count). The Bertz CT molecular complexity index is 1180. The molecule has 0 radical (unpaired) electrons. The summed E-state index contributed by atoms with van der Waals surface area (Å²) in [5.41, 5.74) is 0.769. The van der Waals surface area contributed by atoms with Crippen LogP contribution < -0.4 is 14.4 Å². The van der Waals surface area contributed by atoms with E-state index in [9.17, 15) is 22.4 Å². The maximum atomic E-state index is 13.9. The molecule has 2 amide bonds. The average molecular weight is 534 g/mol. The second-order valence-electron chi connectivity index (χ2n) is 9.39. The number of halogens is 1. The van der Waals surface area contributed by atoms with Crippen molar-refractivity contribution in [3.63, 3.8) is 0 Å². The third-order valence-electron chi connectivity index (χ3n) is 6.60. The number of sulfonamides is 1. The van der Waals surface area contributed by atoms with E-state index in [1.54, 1.807) is 18.2 Å². The molecular weight excluding hydrogens is 497 g/mol. The summed E-state index contributed by atoms with van der Waals surface area (Å²) in [6.45, 7) is 1.32. The Morgan fingerprint density at radius 2 is 1.81 bits per heavy atom. The fourth-order valence-corrected chi connectivity index (χ4v) is 5.52. The van der Waals surface area contributed by atoms with E-state index >= 15 is 0 Å². The molecule has 0 unspecified atom stereocenters. The van der Waals surface area contributed by atoms with E-state index in [0.29, 0.717) is 12.2 Å². The smallest absolute Gasteiger partial charge is 0.244 e. The molecule has 2 aromatic rings. The van der Waals surface area contributed by atoms with Crippen molar-refractivity contribution >= 4 is 27.5 Å². The third-order valence-corrected chi connectivity index (χ3v) is 7.74. The fraction of sp³-hybridized carbons (Fsp3) is 0.481. The number of carbonyl (C=O) groups excluding carboxylic acids is 2. The van der Waals surface area contributed by atoms with Gasteiger partial charge in [0.05, 0.1) is 19.1 Å². The van der Waals surface area contributed by atoms with E-state index in [4.69, 9.17) is 4.74 Å². The predicted molar refractivity (Wildman–Crippen MR) is 141 cm³/mol. The van der Waals surface area contributed by atoms with Gasteiger partial charge in [-0.1, -0.05) is 44.4 Å². The number of nitrogens with one attached hydrogen (secondary N) is 1. The van der Waals surface area contributed by atoms with Gasteiger partial charge in [-0.05, 0) is 55.2 Å². The van der Waals surface area contributed by atoms with E-state index < -0.39 is 34.3 Å². The number of ether oxygens (including phenoxy) is 1. The lowest BCUT2D eigenvalue weighted by Crippen LogP contribution is -2.53. The van der Waals surface area contributed by atoms with Gasteiger partial charge in [-0.15, -0.1) is 0 Å². The van der Waals surface area contributed by atoms with Gasteiger partial charge in [-0.3, -0.25) is 13.9 Å². The van der Waals surface area contributed by atoms with Crippen LogP contribution in [-0.4, -0.2) is 57.1 Å². The molecule has 0 heterocycles. The number of hydrogen-bond acceptors (Lipinski definition) is 5. The molecular formula is C27H36FN3O5S. The monoisotopic (exact) mass is 533 g/mol. The highest BCUT2D eigenvalue weighted by atomic mass is 32.2. The number of hydrogen-bond donors (Lipinski definition) is 1. The zero-order valence-corrected chi connectivity index (χ0v) is 22.5. The average Bonchev–Trinajstić information content (AvgIpc) is 2.87. The number of methoxy groups -OCH3 is 1. The highest BCUT2D eigenvalue weighted by Gasteiger charge is 2.33. The molecule has 0 aliphatic heterocycles. The second-order valence-corrected chi connectivity index (χ2v) is 11.3. The number of anilines is 1. The molecule has 0 bridgehead atoms. The first-order chi connectivity index (χ1) is 17.6. The minimum Gasteiger partial charge on any atom is -0.497 e. The first kappa shape index (κ1) is 28.4. The van der Waals surface area contributed by atoms with Gasteiger partial charge in [0.2, 0.25) is 21.8 Å². The van der Waals surface area contributed by atoms with Crippen molar-refractivity contribution < 1.29 is 27.1 Å². The molecule has 1 N–H and O–H groups in total. The summed E-state index contributed by atoms with van der Waals surface area (Å²) in [4.78, 5) is 28.5. The van der Waals surface area contributed by atoms with Crippen LogP contribution in [0.4, 0.5) is 10.1 Å². The zero-order valence-electron chi connectivity index (χ0n) is 21.7. The molecule has 1 aliphatic rings. The van der Waals surface area contributed by atoms with Gasteiger partial charge in [-0.25, -0.2) is 12.8 Å². The number of nitrogens with zero attached hydrogens (tertiary/aromatic N) is 2. The van der Waals surface area contributed by atoms with Crippen LogP contribution in [0.3, 0.4) is 0 Å². The molecule has 1 aliphatic carbocycles. The van der Waals surface area contributed by atoms with Crippen molar-refractivity contribution in [3.05, 3.63) is 59.9 Å². The van der Waals surface area contributed by atoms with Gasteiger partial charge < -0.3 is 15.0 Å². The molecule has 2 aromatic carbocycles. The highest BCUT2D eigenvalue weighted by molar-refractivity contribution is 7.92. The third kappa shape index (κ3) is 7.92. The summed E-state index contributed by atoms with van der Waals surface area (Å²) in [6, 6.07) is 11.5. The Balaban J connectivity index is 1.92. The lowest BCUT2D eigenvalue weighted by Gasteiger charge is -2.34. The Hall–Kier alpha value is -3.14. The standard InChI is InChI=1S/C27H36FN3O5S/c1-4-25(27(33)29-22-12-6-5-7-13-22)30(18-20-10-8-15-24(16-20)36-2)26(32)19-31(37(3,34)35)23-14-9-11-21(28)17-23/h8-11,14-17,22,25H,4-7,12-13,18-19H2,1-3H3,(H,29,33)/t25-/m1/s1. The number of carbonyl (C=O) groups is 2. The molecule has 37 heavy (non-hydrogen) atoms. The van der Waals surface area contributed by atoms with Crippen LogP contribution in [0.2, 0.25) is 0 Å². The summed E-state index contributed by atoms with van der Waals surface area (Å²) in [5.74, 6) is -0.849. The number of amides is 2. The van der Waals surface area contributed by atoms with E-state index in [1.807, 2.05) is 13.0 Å². The minimum absolute atomic E-state index is 0.0388. The summed E-state index contributed by atoms with van der Waals surface area (Å²) in [6.07, 6.45) is 6.33. The summed E-state index contributed by atoms with van der Waals surface area (Å²) < 4.78 is 45.3. The molecule has 1 atom stereocenters. The Morgan fingerprint density at radius 3 is 2.43 bits per heavy atom. The molecule has 202 valence electrons. The molecule has 1 saturated carbocycles. The normalized spacial score (nSPS) is 15.0. The topological polar surface area (TPSA) is 96.0 Å². The van der Waals surface area contributed by atoms with E-state index in [2.05, 4.69) is 5.32 Å². The lowest BCUT2D eigenvalue weighted by atomic mass is 9.95. The van der Waals surface area contributed by atoms with Gasteiger partial charge in [0.15, 0.2) is 0 Å². The fourth-order valence-electron chi connectivity index (χ4n) is 4.68. The van der Waals surface area contributed by atoms with E-state index in [0.717, 1.165) is 54.3 Å². The Kier molecular flexibility index (Phi) is 9.91. The van der Waals surface area contributed by atoms with Crippen LogP contribution in [0.25, 0.3) is 0 Å². The van der Waals surface area contributed by atoms with E-state index in [-0.39, 0.29) is 24.2 Å². The number of benzene rings is 2. The van der Waals surface area contributed by atoms with Crippen LogP contribution in [-0.2, 0) is 26.2 Å². The van der Waals surface area contributed by atoms with E-state index in [1.165, 1.54) is 30.2 Å². The molecule has 10 heteroatoms. The van der Waals surface area contributed by atoms with Gasteiger partial charge in [0.1, 0.15) is 24.2 Å². The maximum Gasteiger partial charge on any atom is 0.244 e. The van der Waals surface area contributed by atoms with Gasteiger partial charge in [-0.2, -0.15) is 0 Å². The van der Waals surface area contributed by atoms with Gasteiger partial charge in [0, 0.05) is 12.6 Å². The van der Waals surface area contributed by atoms with Crippen molar-refractivity contribution in [2.24, 2.45) is 0 Å². The lowest BCUT2D eigenvalue weighted by molar-refractivity contribution is -0.140. The van der Waals surface area contributed by atoms with Crippen LogP contribution in [0, 0.1) is 5.82 Å². The van der Waals surface area contributed by atoms with Crippen molar-refractivity contribution in [1.29, 1.82) is 0 Å². The quantitative estimate of drug-likeness (QED) is 0.473. The number of rotatable bonds is 11. The molecule has 0 spiro atoms. The van der Waals surface area contributed by atoms with Gasteiger partial charge >= 0.3 is 0 Å². The van der Waals surface area contributed by atoms with Crippen LogP contribution in [0.1, 0.15) is 51.0 Å². The molecule has 0 saturated heterocycles. The predicted octanol–water partition coefficient (Wildman–Crippen LogP) is 3.86. The second kappa shape index (κ2) is 12.9. The molecule has 0 aromatic heterocycles. The molecule has 1 fully saturated rings. The first-order valence-corrected chi connectivity index (χ1v) is 14.4.